The van der Waals surface area contributed by atoms with Crippen molar-refractivity contribution in [1.29, 1.82) is 0 Å². The first-order valence-electron chi connectivity index (χ1n) is 6.94. The van der Waals surface area contributed by atoms with Crippen LogP contribution in [0, 0.1) is 10.1 Å². The molecular formula is C15H12Cl2N2O4. The zero-order valence-corrected chi connectivity index (χ0v) is 13.6. The molecule has 23 heavy (non-hydrogen) atoms. The highest BCUT2D eigenvalue weighted by molar-refractivity contribution is 6.37. The van der Waals surface area contributed by atoms with Crippen molar-refractivity contribution in [2.45, 2.75) is 25.8 Å². The monoisotopic (exact) mass is 354 g/mol. The van der Waals surface area contributed by atoms with Crippen LogP contribution in [0.2, 0.25) is 10.0 Å². The van der Waals surface area contributed by atoms with Crippen molar-refractivity contribution in [2.75, 3.05) is 0 Å². The molecule has 0 amide bonds. The molecule has 6 nitrogen and oxygen atoms in total. The number of benzene rings is 1. The lowest BCUT2D eigenvalue weighted by Crippen LogP contribution is -2.20. The van der Waals surface area contributed by atoms with Crippen LogP contribution in [0.1, 0.15) is 25.1 Å². The third kappa shape index (κ3) is 2.80. The molecule has 1 atom stereocenters. The van der Waals surface area contributed by atoms with E-state index >= 15 is 0 Å². The first kappa shape index (κ1) is 15.8. The fraction of sp³-hybridized carbons (Fsp3) is 0.267. The molecule has 0 saturated heterocycles. The van der Waals surface area contributed by atoms with Crippen LogP contribution in [0.4, 0.5) is 5.69 Å². The number of aromatic nitrogens is 1. The Morgan fingerprint density at radius 3 is 2.57 bits per heavy atom. The third-order valence-electron chi connectivity index (χ3n) is 3.84. The van der Waals surface area contributed by atoms with Gasteiger partial charge in [-0.15, -0.1) is 0 Å². The van der Waals surface area contributed by atoms with Gasteiger partial charge in [0.2, 0.25) is 0 Å². The lowest BCUT2D eigenvalue weighted by molar-refractivity contribution is -0.384. The molecule has 0 N–H and O–H groups in total. The van der Waals surface area contributed by atoms with E-state index in [1.165, 1.54) is 18.2 Å². The highest BCUT2D eigenvalue weighted by Crippen LogP contribution is 2.41. The molecule has 1 aliphatic rings. The van der Waals surface area contributed by atoms with Gasteiger partial charge in [0.25, 0.3) is 11.2 Å². The maximum absolute atomic E-state index is 12.0. The molecule has 1 aromatic carbocycles. The van der Waals surface area contributed by atoms with Gasteiger partial charge in [-0.3, -0.25) is 14.9 Å². The first-order chi connectivity index (χ1) is 10.9. The Morgan fingerprint density at radius 2 is 1.96 bits per heavy atom. The first-order valence-corrected chi connectivity index (χ1v) is 7.69. The molecule has 1 aliphatic heterocycles. The SMILES string of the molecule is CC1CCc2c(Oc3c(Cl)cc([N+](=O)[O-])cc3Cl)ccc(=O)n21. The van der Waals surface area contributed by atoms with Crippen LogP contribution >= 0.6 is 23.2 Å². The Labute approximate surface area is 141 Å². The number of nitrogens with zero attached hydrogens (tertiary/aromatic N) is 2. The van der Waals surface area contributed by atoms with Crippen molar-refractivity contribution in [3.05, 3.63) is 60.5 Å². The van der Waals surface area contributed by atoms with E-state index in [4.69, 9.17) is 27.9 Å². The van der Waals surface area contributed by atoms with Gasteiger partial charge in [0.1, 0.15) is 5.75 Å². The van der Waals surface area contributed by atoms with Crippen molar-refractivity contribution in [3.63, 3.8) is 0 Å². The van der Waals surface area contributed by atoms with Crippen molar-refractivity contribution in [1.82, 2.24) is 4.57 Å². The summed E-state index contributed by atoms with van der Waals surface area (Å²) >= 11 is 12.1. The second kappa shape index (κ2) is 5.86. The fourth-order valence-electron chi connectivity index (χ4n) is 2.73. The number of ether oxygens (including phenoxy) is 1. The van der Waals surface area contributed by atoms with E-state index in [0.29, 0.717) is 12.2 Å². The molecule has 0 radical (unpaired) electrons. The molecule has 2 aromatic rings. The highest BCUT2D eigenvalue weighted by Gasteiger charge is 2.24. The van der Waals surface area contributed by atoms with Crippen molar-refractivity contribution in [3.8, 4) is 11.5 Å². The van der Waals surface area contributed by atoms with E-state index in [1.807, 2.05) is 6.92 Å². The molecule has 2 heterocycles. The number of rotatable bonds is 3. The van der Waals surface area contributed by atoms with Crippen LogP contribution < -0.4 is 10.3 Å². The Hall–Kier alpha value is -2.05. The largest absolute Gasteiger partial charge is 0.452 e. The summed E-state index contributed by atoms with van der Waals surface area (Å²) in [5.41, 5.74) is 0.476. The average Bonchev–Trinajstić information content (AvgIpc) is 2.88. The maximum atomic E-state index is 12.0. The predicted octanol–water partition coefficient (Wildman–Crippen LogP) is 4.36. The van der Waals surface area contributed by atoms with Crippen LogP contribution in [0.25, 0.3) is 0 Å². The Balaban J connectivity index is 2.05. The number of nitro groups is 1. The zero-order chi connectivity index (χ0) is 16.7. The van der Waals surface area contributed by atoms with Crippen molar-refractivity contribution in [2.24, 2.45) is 0 Å². The van der Waals surface area contributed by atoms with E-state index in [0.717, 1.165) is 12.1 Å². The van der Waals surface area contributed by atoms with Gasteiger partial charge in [0.05, 0.1) is 20.7 Å². The molecule has 0 aliphatic carbocycles. The lowest BCUT2D eigenvalue weighted by Gasteiger charge is -2.14. The number of non-ortho nitro benzene ring substituents is 1. The Bertz CT molecular complexity index is 840. The van der Waals surface area contributed by atoms with E-state index in [9.17, 15) is 14.9 Å². The van der Waals surface area contributed by atoms with Gasteiger partial charge in [-0.25, -0.2) is 0 Å². The summed E-state index contributed by atoms with van der Waals surface area (Å²) in [6.07, 6.45) is 1.55. The standard InChI is InChI=1S/C15H12Cl2N2O4/c1-8-2-3-12-13(4-5-14(20)18(8)12)23-15-10(16)6-9(19(21)22)7-11(15)17/h4-8H,2-3H2,1H3. The smallest absolute Gasteiger partial charge is 0.272 e. The topological polar surface area (TPSA) is 74.4 Å². The van der Waals surface area contributed by atoms with Gasteiger partial charge < -0.3 is 9.30 Å². The van der Waals surface area contributed by atoms with E-state index < -0.39 is 4.92 Å². The number of fused-ring (bicyclic) bond motifs is 1. The summed E-state index contributed by atoms with van der Waals surface area (Å²) in [5, 5.41) is 10.9. The minimum absolute atomic E-state index is 0.0418. The molecule has 0 saturated carbocycles. The third-order valence-corrected chi connectivity index (χ3v) is 4.40. The number of hydrogen-bond acceptors (Lipinski definition) is 4. The van der Waals surface area contributed by atoms with E-state index in [2.05, 4.69) is 0 Å². The van der Waals surface area contributed by atoms with Gasteiger partial charge >= 0.3 is 0 Å². The number of nitro benzene ring substituents is 1. The fourth-order valence-corrected chi connectivity index (χ4v) is 3.28. The summed E-state index contributed by atoms with van der Waals surface area (Å²) in [6.45, 7) is 1.97. The lowest BCUT2D eigenvalue weighted by atomic mass is 10.2. The summed E-state index contributed by atoms with van der Waals surface area (Å²) in [6, 6.07) is 5.46. The normalized spacial score (nSPS) is 16.2. The average molecular weight is 355 g/mol. The quantitative estimate of drug-likeness (QED) is 0.606. The predicted molar refractivity (Wildman–Crippen MR) is 86.9 cm³/mol. The van der Waals surface area contributed by atoms with Gasteiger partial charge in [-0.1, -0.05) is 23.2 Å². The molecule has 3 rings (SSSR count). The van der Waals surface area contributed by atoms with Gasteiger partial charge in [-0.2, -0.15) is 0 Å². The molecule has 0 spiro atoms. The molecule has 0 fully saturated rings. The molecular weight excluding hydrogens is 343 g/mol. The number of hydrogen-bond donors (Lipinski definition) is 0. The van der Waals surface area contributed by atoms with Gasteiger partial charge in [0, 0.05) is 24.2 Å². The Morgan fingerprint density at radius 1 is 1.30 bits per heavy atom. The Kier molecular flexibility index (Phi) is 4.04. The molecule has 1 aromatic heterocycles. The highest BCUT2D eigenvalue weighted by atomic mass is 35.5. The number of pyridine rings is 1. The van der Waals surface area contributed by atoms with E-state index in [1.54, 1.807) is 10.6 Å². The zero-order valence-electron chi connectivity index (χ0n) is 12.1. The molecule has 120 valence electrons. The van der Waals surface area contributed by atoms with E-state index in [-0.39, 0.29) is 33.1 Å². The van der Waals surface area contributed by atoms with Crippen LogP contribution in [-0.4, -0.2) is 9.49 Å². The van der Waals surface area contributed by atoms with Crippen LogP contribution in [0.5, 0.6) is 11.5 Å². The molecule has 8 heteroatoms. The number of halogens is 2. The second-order valence-electron chi connectivity index (χ2n) is 5.34. The van der Waals surface area contributed by atoms with Crippen LogP contribution in [-0.2, 0) is 6.42 Å². The van der Waals surface area contributed by atoms with Gasteiger partial charge in [-0.05, 0) is 25.8 Å². The van der Waals surface area contributed by atoms with Crippen LogP contribution in [0.3, 0.4) is 0 Å². The van der Waals surface area contributed by atoms with Gasteiger partial charge in [0.15, 0.2) is 5.75 Å². The minimum Gasteiger partial charge on any atom is -0.452 e. The van der Waals surface area contributed by atoms with Crippen molar-refractivity contribution >= 4 is 28.9 Å². The minimum atomic E-state index is -0.580. The summed E-state index contributed by atoms with van der Waals surface area (Å²) in [7, 11) is 0. The summed E-state index contributed by atoms with van der Waals surface area (Å²) < 4.78 is 7.46. The summed E-state index contributed by atoms with van der Waals surface area (Å²) in [4.78, 5) is 22.2. The second-order valence-corrected chi connectivity index (χ2v) is 6.15. The summed E-state index contributed by atoms with van der Waals surface area (Å²) in [5.74, 6) is 0.617. The van der Waals surface area contributed by atoms with Crippen LogP contribution in [0.15, 0.2) is 29.1 Å². The van der Waals surface area contributed by atoms with Crippen molar-refractivity contribution < 1.29 is 9.66 Å². The maximum Gasteiger partial charge on any atom is 0.272 e. The molecule has 1 unspecified atom stereocenters. The molecule has 0 bridgehead atoms.